The summed E-state index contributed by atoms with van der Waals surface area (Å²) >= 11 is 0. The Morgan fingerprint density at radius 3 is 2.45 bits per heavy atom. The second-order valence-corrected chi connectivity index (χ2v) is 5.95. The Hall–Kier alpha value is -1.39. The van der Waals surface area contributed by atoms with Crippen molar-refractivity contribution in [3.05, 3.63) is 35.9 Å². The Bertz CT molecular complexity index is 399. The third-order valence-corrected chi connectivity index (χ3v) is 3.07. The lowest BCUT2D eigenvalue weighted by atomic mass is 9.82. The van der Waals surface area contributed by atoms with Gasteiger partial charge in [0.1, 0.15) is 0 Å². The molecule has 0 fully saturated rings. The van der Waals surface area contributed by atoms with Crippen LogP contribution in [0.1, 0.15) is 32.4 Å². The topological polar surface area (TPSA) is 50.4 Å². The smallest absolute Gasteiger partial charge is 0.234 e. The van der Waals surface area contributed by atoms with Crippen LogP contribution in [0.3, 0.4) is 0 Å². The molecule has 0 bridgehead atoms. The normalized spacial score (nSPS) is 13.0. The van der Waals surface area contributed by atoms with Crippen molar-refractivity contribution in [3.8, 4) is 0 Å². The molecule has 1 atom stereocenters. The molecule has 0 spiro atoms. The molecule has 0 aromatic heterocycles. The summed E-state index contributed by atoms with van der Waals surface area (Å²) in [4.78, 5) is 12.0. The highest BCUT2D eigenvalue weighted by atomic mass is 16.5. The van der Waals surface area contributed by atoms with Gasteiger partial charge in [-0.1, -0.05) is 51.1 Å². The van der Waals surface area contributed by atoms with Gasteiger partial charge in [-0.05, 0) is 11.0 Å². The number of rotatable bonds is 7. The zero-order valence-electron chi connectivity index (χ0n) is 12.9. The van der Waals surface area contributed by atoms with Crippen LogP contribution in [0.15, 0.2) is 30.3 Å². The molecule has 0 saturated heterocycles. The molecule has 0 radical (unpaired) electrons. The average molecular weight is 278 g/mol. The first-order chi connectivity index (χ1) is 9.45. The van der Waals surface area contributed by atoms with Crippen molar-refractivity contribution >= 4 is 5.91 Å². The summed E-state index contributed by atoms with van der Waals surface area (Å²) in [5.74, 6) is 0.00452. The third-order valence-electron chi connectivity index (χ3n) is 3.07. The van der Waals surface area contributed by atoms with E-state index in [-0.39, 0.29) is 17.4 Å². The van der Waals surface area contributed by atoms with Gasteiger partial charge in [0.25, 0.3) is 0 Å². The SMILES string of the molecule is COCCNCC(=O)NC(c1ccccc1)C(C)(C)C. The summed E-state index contributed by atoms with van der Waals surface area (Å²) < 4.78 is 4.93. The Labute approximate surface area is 121 Å². The molecule has 1 rings (SSSR count). The lowest BCUT2D eigenvalue weighted by Gasteiger charge is -2.32. The molecular weight excluding hydrogens is 252 g/mol. The van der Waals surface area contributed by atoms with E-state index < -0.39 is 0 Å². The standard InChI is InChI=1S/C16H26N2O2/c1-16(2,3)15(13-8-6-5-7-9-13)18-14(19)12-17-10-11-20-4/h5-9,15,17H,10-12H2,1-4H3,(H,18,19). The van der Waals surface area contributed by atoms with Gasteiger partial charge in [-0.2, -0.15) is 0 Å². The van der Waals surface area contributed by atoms with Crippen molar-refractivity contribution in [2.24, 2.45) is 5.41 Å². The first-order valence-corrected chi connectivity index (χ1v) is 6.99. The lowest BCUT2D eigenvalue weighted by Crippen LogP contribution is -2.41. The molecule has 0 aliphatic carbocycles. The van der Waals surface area contributed by atoms with Crippen molar-refractivity contribution in [2.75, 3.05) is 26.8 Å². The molecule has 4 nitrogen and oxygen atoms in total. The van der Waals surface area contributed by atoms with E-state index in [9.17, 15) is 4.79 Å². The van der Waals surface area contributed by atoms with Gasteiger partial charge in [0.15, 0.2) is 0 Å². The fourth-order valence-corrected chi connectivity index (χ4v) is 2.03. The molecule has 4 heteroatoms. The number of carbonyl (C=O) groups excluding carboxylic acids is 1. The zero-order valence-corrected chi connectivity index (χ0v) is 12.9. The van der Waals surface area contributed by atoms with Crippen LogP contribution in [0, 0.1) is 5.41 Å². The van der Waals surface area contributed by atoms with Gasteiger partial charge in [-0.3, -0.25) is 4.79 Å². The summed E-state index contributed by atoms with van der Waals surface area (Å²) in [5.41, 5.74) is 1.09. The minimum Gasteiger partial charge on any atom is -0.383 e. The molecule has 1 unspecified atom stereocenters. The van der Waals surface area contributed by atoms with Gasteiger partial charge in [0.2, 0.25) is 5.91 Å². The predicted octanol–water partition coefficient (Wildman–Crippen LogP) is 2.13. The predicted molar refractivity (Wildman–Crippen MR) is 81.5 cm³/mol. The minimum atomic E-state index is -0.0382. The Balaban J connectivity index is 2.61. The largest absolute Gasteiger partial charge is 0.383 e. The quantitative estimate of drug-likeness (QED) is 0.751. The van der Waals surface area contributed by atoms with E-state index in [0.717, 1.165) is 5.56 Å². The van der Waals surface area contributed by atoms with E-state index in [4.69, 9.17) is 4.74 Å². The molecule has 20 heavy (non-hydrogen) atoms. The average Bonchev–Trinajstić information content (AvgIpc) is 2.41. The van der Waals surface area contributed by atoms with Crippen LogP contribution >= 0.6 is 0 Å². The Morgan fingerprint density at radius 2 is 1.90 bits per heavy atom. The number of hydrogen-bond acceptors (Lipinski definition) is 3. The van der Waals surface area contributed by atoms with Gasteiger partial charge < -0.3 is 15.4 Å². The third kappa shape index (κ3) is 5.72. The fraction of sp³-hybridized carbons (Fsp3) is 0.562. The fourth-order valence-electron chi connectivity index (χ4n) is 2.03. The molecule has 1 aromatic carbocycles. The molecule has 1 aromatic rings. The van der Waals surface area contributed by atoms with E-state index in [2.05, 4.69) is 43.5 Å². The highest BCUT2D eigenvalue weighted by Gasteiger charge is 2.27. The Kier molecular flexibility index (Phi) is 6.68. The number of amides is 1. The first-order valence-electron chi connectivity index (χ1n) is 6.99. The van der Waals surface area contributed by atoms with Gasteiger partial charge in [0, 0.05) is 13.7 Å². The number of nitrogens with one attached hydrogen (secondary N) is 2. The molecule has 0 saturated carbocycles. The van der Waals surface area contributed by atoms with E-state index in [1.165, 1.54) is 0 Å². The molecule has 112 valence electrons. The molecule has 0 heterocycles. The highest BCUT2D eigenvalue weighted by molar-refractivity contribution is 5.78. The highest BCUT2D eigenvalue weighted by Crippen LogP contribution is 2.32. The molecule has 0 aliphatic rings. The number of hydrogen-bond donors (Lipinski definition) is 2. The van der Waals surface area contributed by atoms with E-state index in [1.807, 2.05) is 18.2 Å². The van der Waals surface area contributed by atoms with Crippen molar-refractivity contribution in [1.82, 2.24) is 10.6 Å². The van der Waals surface area contributed by atoms with Crippen molar-refractivity contribution in [1.29, 1.82) is 0 Å². The van der Waals surface area contributed by atoms with Gasteiger partial charge in [-0.15, -0.1) is 0 Å². The van der Waals surface area contributed by atoms with Crippen LogP contribution in [0.25, 0.3) is 0 Å². The minimum absolute atomic E-state index is 0.000394. The van der Waals surface area contributed by atoms with E-state index in [0.29, 0.717) is 19.7 Å². The molecular formula is C16H26N2O2. The zero-order chi connectivity index (χ0) is 15.0. The number of carbonyl (C=O) groups is 1. The molecule has 2 N–H and O–H groups in total. The second kappa shape index (κ2) is 8.02. The van der Waals surface area contributed by atoms with Crippen LogP contribution in [0.4, 0.5) is 0 Å². The summed E-state index contributed by atoms with van der Waals surface area (Å²) in [6, 6.07) is 10.1. The van der Waals surface area contributed by atoms with Crippen LogP contribution in [-0.2, 0) is 9.53 Å². The molecule has 1 amide bonds. The van der Waals surface area contributed by atoms with E-state index >= 15 is 0 Å². The monoisotopic (exact) mass is 278 g/mol. The summed E-state index contributed by atoms with van der Waals surface area (Å²) in [6.45, 7) is 7.97. The van der Waals surface area contributed by atoms with Crippen LogP contribution in [-0.4, -0.2) is 32.7 Å². The number of benzene rings is 1. The van der Waals surface area contributed by atoms with Gasteiger partial charge in [0.05, 0.1) is 19.2 Å². The van der Waals surface area contributed by atoms with Gasteiger partial charge >= 0.3 is 0 Å². The number of ether oxygens (including phenoxy) is 1. The van der Waals surface area contributed by atoms with Crippen molar-refractivity contribution in [3.63, 3.8) is 0 Å². The van der Waals surface area contributed by atoms with Crippen molar-refractivity contribution in [2.45, 2.75) is 26.8 Å². The lowest BCUT2D eigenvalue weighted by molar-refractivity contribution is -0.121. The van der Waals surface area contributed by atoms with E-state index in [1.54, 1.807) is 7.11 Å². The maximum absolute atomic E-state index is 12.0. The second-order valence-electron chi connectivity index (χ2n) is 5.95. The first kappa shape index (κ1) is 16.7. The van der Waals surface area contributed by atoms with Gasteiger partial charge in [-0.25, -0.2) is 0 Å². The summed E-state index contributed by atoms with van der Waals surface area (Å²) in [5, 5.41) is 6.17. The van der Waals surface area contributed by atoms with Crippen molar-refractivity contribution < 1.29 is 9.53 Å². The summed E-state index contributed by atoms with van der Waals surface area (Å²) in [7, 11) is 1.65. The van der Waals surface area contributed by atoms with Crippen LogP contribution in [0.2, 0.25) is 0 Å². The Morgan fingerprint density at radius 1 is 1.25 bits per heavy atom. The van der Waals surface area contributed by atoms with Crippen LogP contribution in [0.5, 0.6) is 0 Å². The maximum Gasteiger partial charge on any atom is 0.234 e. The molecule has 0 aliphatic heterocycles. The number of methoxy groups -OCH3 is 1. The van der Waals surface area contributed by atoms with Crippen LogP contribution < -0.4 is 10.6 Å². The summed E-state index contributed by atoms with van der Waals surface area (Å²) in [6.07, 6.45) is 0. The maximum atomic E-state index is 12.0.